The van der Waals surface area contributed by atoms with Crippen LogP contribution in [0.25, 0.3) is 0 Å². The van der Waals surface area contributed by atoms with Crippen LogP contribution in [-0.2, 0) is 19.1 Å². The molecule has 0 fully saturated rings. The molecule has 0 amide bonds. The molecule has 1 aromatic rings. The molecule has 6 nitrogen and oxygen atoms in total. The van der Waals surface area contributed by atoms with E-state index in [0.717, 1.165) is 6.08 Å². The number of hydrogen-bond donors (Lipinski definition) is 1. The summed E-state index contributed by atoms with van der Waals surface area (Å²) in [5.74, 6) is -2.57. The van der Waals surface area contributed by atoms with Crippen LogP contribution in [-0.4, -0.2) is 36.2 Å². The molecule has 0 bridgehead atoms. The Morgan fingerprint density at radius 2 is 1.63 bits per heavy atom. The summed E-state index contributed by atoms with van der Waals surface area (Å²) in [4.78, 5) is 32.5. The number of rotatable bonds is 6. The van der Waals surface area contributed by atoms with Gasteiger partial charge in [0.25, 0.3) is 0 Å². The summed E-state index contributed by atoms with van der Waals surface area (Å²) in [7, 11) is 0. The number of benzene rings is 1. The second-order valence-corrected chi connectivity index (χ2v) is 3.34. The fourth-order valence-corrected chi connectivity index (χ4v) is 1.12. The quantitative estimate of drug-likeness (QED) is 0.469. The third kappa shape index (κ3) is 6.02. The van der Waals surface area contributed by atoms with E-state index < -0.39 is 17.9 Å². The van der Waals surface area contributed by atoms with Crippen LogP contribution in [0.2, 0.25) is 0 Å². The van der Waals surface area contributed by atoms with Gasteiger partial charge < -0.3 is 14.6 Å². The summed E-state index contributed by atoms with van der Waals surface area (Å²) >= 11 is 0. The van der Waals surface area contributed by atoms with Crippen LogP contribution in [0.15, 0.2) is 42.5 Å². The second-order valence-electron chi connectivity index (χ2n) is 3.34. The van der Waals surface area contributed by atoms with E-state index in [4.69, 9.17) is 9.84 Å². The predicted molar refractivity (Wildman–Crippen MR) is 64.5 cm³/mol. The maximum atomic E-state index is 11.4. The Morgan fingerprint density at radius 1 is 1.00 bits per heavy atom. The van der Waals surface area contributed by atoms with Crippen molar-refractivity contribution in [2.75, 3.05) is 13.2 Å². The van der Waals surface area contributed by atoms with Gasteiger partial charge in [0, 0.05) is 12.2 Å². The van der Waals surface area contributed by atoms with Crippen molar-refractivity contribution in [3.63, 3.8) is 0 Å². The van der Waals surface area contributed by atoms with Gasteiger partial charge >= 0.3 is 17.9 Å². The Labute approximate surface area is 109 Å². The van der Waals surface area contributed by atoms with E-state index in [0.29, 0.717) is 11.6 Å². The molecular formula is C13H12O6. The van der Waals surface area contributed by atoms with Gasteiger partial charge in [-0.2, -0.15) is 0 Å². The van der Waals surface area contributed by atoms with Crippen LogP contribution in [0.1, 0.15) is 10.4 Å². The van der Waals surface area contributed by atoms with Gasteiger partial charge in [-0.15, -0.1) is 0 Å². The third-order valence-corrected chi connectivity index (χ3v) is 1.93. The zero-order valence-electron chi connectivity index (χ0n) is 9.94. The van der Waals surface area contributed by atoms with Crippen molar-refractivity contribution in [1.82, 2.24) is 0 Å². The van der Waals surface area contributed by atoms with Gasteiger partial charge in [0.15, 0.2) is 0 Å². The maximum absolute atomic E-state index is 11.4. The smallest absolute Gasteiger partial charge is 0.338 e. The summed E-state index contributed by atoms with van der Waals surface area (Å²) in [5.41, 5.74) is 0.402. The maximum Gasteiger partial charge on any atom is 0.338 e. The van der Waals surface area contributed by atoms with Crippen molar-refractivity contribution in [1.29, 1.82) is 0 Å². The van der Waals surface area contributed by atoms with Crippen LogP contribution in [0.5, 0.6) is 0 Å². The minimum Gasteiger partial charge on any atom is -0.478 e. The molecule has 100 valence electrons. The third-order valence-electron chi connectivity index (χ3n) is 1.93. The van der Waals surface area contributed by atoms with Gasteiger partial charge in [0.2, 0.25) is 0 Å². The molecule has 0 radical (unpaired) electrons. The molecule has 0 aliphatic heterocycles. The van der Waals surface area contributed by atoms with Crippen LogP contribution < -0.4 is 0 Å². The summed E-state index contributed by atoms with van der Waals surface area (Å²) < 4.78 is 9.46. The Morgan fingerprint density at radius 3 is 2.26 bits per heavy atom. The van der Waals surface area contributed by atoms with Crippen molar-refractivity contribution in [3.8, 4) is 0 Å². The monoisotopic (exact) mass is 264 g/mol. The second kappa shape index (κ2) is 7.65. The minimum atomic E-state index is -1.24. The molecule has 1 rings (SSSR count). The largest absolute Gasteiger partial charge is 0.478 e. The average molecular weight is 264 g/mol. The van der Waals surface area contributed by atoms with Crippen molar-refractivity contribution in [2.45, 2.75) is 0 Å². The van der Waals surface area contributed by atoms with E-state index in [2.05, 4.69) is 4.74 Å². The molecular weight excluding hydrogens is 252 g/mol. The SMILES string of the molecule is O=C(O)/C=C/C(=O)OCCOC(=O)c1ccccc1. The highest BCUT2D eigenvalue weighted by Crippen LogP contribution is 2.00. The van der Waals surface area contributed by atoms with Crippen molar-refractivity contribution in [3.05, 3.63) is 48.0 Å². The molecule has 0 heterocycles. The highest BCUT2D eigenvalue weighted by molar-refractivity contribution is 5.91. The molecule has 0 aromatic heterocycles. The van der Waals surface area contributed by atoms with E-state index in [1.165, 1.54) is 0 Å². The molecule has 0 atom stereocenters. The highest BCUT2D eigenvalue weighted by Gasteiger charge is 2.06. The first-order valence-electron chi connectivity index (χ1n) is 5.39. The summed E-state index contributed by atoms with van der Waals surface area (Å²) in [6, 6.07) is 8.38. The van der Waals surface area contributed by atoms with Gasteiger partial charge in [-0.25, -0.2) is 14.4 Å². The van der Waals surface area contributed by atoms with Crippen molar-refractivity contribution in [2.24, 2.45) is 0 Å². The first-order valence-corrected chi connectivity index (χ1v) is 5.39. The first-order chi connectivity index (χ1) is 9.09. The zero-order valence-corrected chi connectivity index (χ0v) is 9.94. The highest BCUT2D eigenvalue weighted by atomic mass is 16.6. The number of carboxylic acid groups (broad SMARTS) is 1. The van der Waals surface area contributed by atoms with Crippen molar-refractivity contribution >= 4 is 17.9 Å². The lowest BCUT2D eigenvalue weighted by Gasteiger charge is -2.04. The van der Waals surface area contributed by atoms with Crippen LogP contribution in [0.3, 0.4) is 0 Å². The predicted octanol–water partition coefficient (Wildman–Crippen LogP) is 1.03. The number of carbonyl (C=O) groups is 3. The molecule has 0 aliphatic carbocycles. The van der Waals surface area contributed by atoms with E-state index >= 15 is 0 Å². The summed E-state index contributed by atoms with van der Waals surface area (Å²) in [6.07, 6.45) is 1.44. The fourth-order valence-electron chi connectivity index (χ4n) is 1.12. The Balaban J connectivity index is 2.23. The molecule has 6 heteroatoms. The van der Waals surface area contributed by atoms with Gasteiger partial charge in [-0.1, -0.05) is 18.2 Å². The van der Waals surface area contributed by atoms with Crippen LogP contribution in [0.4, 0.5) is 0 Å². The van der Waals surface area contributed by atoms with E-state index in [1.807, 2.05) is 0 Å². The Bertz CT molecular complexity index is 477. The standard InChI is InChI=1S/C13H12O6/c14-11(15)6-7-12(16)18-8-9-19-13(17)10-4-2-1-3-5-10/h1-7H,8-9H2,(H,14,15)/b7-6+. The van der Waals surface area contributed by atoms with Gasteiger partial charge in [0.1, 0.15) is 13.2 Å². The molecule has 1 aromatic carbocycles. The number of aliphatic carboxylic acids is 1. The minimum absolute atomic E-state index is 0.0968. The van der Waals surface area contributed by atoms with Crippen LogP contribution >= 0.6 is 0 Å². The van der Waals surface area contributed by atoms with Gasteiger partial charge in [0.05, 0.1) is 5.56 Å². The Hall–Kier alpha value is -2.63. The lowest BCUT2D eigenvalue weighted by molar-refractivity contribution is -0.139. The number of carboxylic acids is 1. The van der Waals surface area contributed by atoms with E-state index in [9.17, 15) is 14.4 Å². The number of ether oxygens (including phenoxy) is 2. The fraction of sp³-hybridized carbons (Fsp3) is 0.154. The normalized spacial score (nSPS) is 10.1. The Kier molecular flexibility index (Phi) is 5.81. The molecule has 0 unspecified atom stereocenters. The van der Waals surface area contributed by atoms with Crippen LogP contribution in [0, 0.1) is 0 Å². The molecule has 0 aliphatic rings. The molecule has 19 heavy (non-hydrogen) atoms. The molecule has 0 saturated carbocycles. The lowest BCUT2D eigenvalue weighted by atomic mass is 10.2. The average Bonchev–Trinajstić information content (AvgIpc) is 2.42. The molecule has 0 saturated heterocycles. The topological polar surface area (TPSA) is 89.9 Å². The molecule has 0 spiro atoms. The summed E-state index contributed by atoms with van der Waals surface area (Å²) in [5, 5.41) is 8.27. The van der Waals surface area contributed by atoms with Gasteiger partial charge in [-0.3, -0.25) is 0 Å². The van der Waals surface area contributed by atoms with E-state index in [1.54, 1.807) is 30.3 Å². The van der Waals surface area contributed by atoms with Crippen molar-refractivity contribution < 1.29 is 29.0 Å². The van der Waals surface area contributed by atoms with Gasteiger partial charge in [-0.05, 0) is 12.1 Å². The number of hydrogen-bond acceptors (Lipinski definition) is 5. The summed E-state index contributed by atoms with van der Waals surface area (Å²) in [6.45, 7) is -0.234. The number of carbonyl (C=O) groups excluding carboxylic acids is 2. The molecule has 1 N–H and O–H groups in total. The number of esters is 2. The van der Waals surface area contributed by atoms with E-state index in [-0.39, 0.29) is 13.2 Å². The zero-order chi connectivity index (χ0) is 14.1. The first kappa shape index (κ1) is 14.4. The lowest BCUT2D eigenvalue weighted by Crippen LogP contribution is -2.13.